The Kier molecular flexibility index (Phi) is 3.32. The van der Waals surface area contributed by atoms with E-state index in [0.717, 1.165) is 0 Å². The van der Waals surface area contributed by atoms with Gasteiger partial charge in [-0.25, -0.2) is 0 Å². The van der Waals surface area contributed by atoms with Gasteiger partial charge in [-0.15, -0.1) is 0 Å². The van der Waals surface area contributed by atoms with E-state index < -0.39 is 11.7 Å². The van der Waals surface area contributed by atoms with Crippen molar-refractivity contribution in [1.29, 1.82) is 0 Å². The van der Waals surface area contributed by atoms with Crippen molar-refractivity contribution in [3.8, 4) is 0 Å². The van der Waals surface area contributed by atoms with Gasteiger partial charge in [0.05, 0.1) is 0 Å². The van der Waals surface area contributed by atoms with Crippen LogP contribution in [-0.2, 0) is 10.4 Å². The van der Waals surface area contributed by atoms with E-state index in [4.69, 9.17) is 0 Å². The number of hydrogen-bond donors (Lipinski definition) is 3. The molecule has 2 atom stereocenters. The third kappa shape index (κ3) is 2.34. The van der Waals surface area contributed by atoms with E-state index in [1.165, 1.54) is 19.1 Å². The normalized spacial score (nSPS) is 26.6. The lowest BCUT2D eigenvalue weighted by atomic mass is 9.84. The maximum Gasteiger partial charge on any atom is 0.221 e. The highest BCUT2D eigenvalue weighted by Gasteiger charge is 2.35. The molecule has 0 aromatic heterocycles. The highest BCUT2D eigenvalue weighted by molar-refractivity contribution is 5.75. The minimum atomic E-state index is -1.46. The molecule has 2 unspecified atom stereocenters. The number of rotatable bonds is 2. The summed E-state index contributed by atoms with van der Waals surface area (Å²) in [5.74, 6) is -0.219. The van der Waals surface area contributed by atoms with Crippen molar-refractivity contribution in [2.24, 2.45) is 0 Å². The van der Waals surface area contributed by atoms with Gasteiger partial charge in [-0.1, -0.05) is 30.3 Å². The molecule has 0 heterocycles. The van der Waals surface area contributed by atoms with Crippen LogP contribution in [0, 0.1) is 0 Å². The number of carbonyl (C=O) groups excluding carboxylic acids is 1. The zero-order valence-corrected chi connectivity index (χ0v) is 10.00. The Morgan fingerprint density at radius 3 is 2.56 bits per heavy atom. The minimum Gasteiger partial charge on any atom is -0.385 e. The molecule has 0 radical (unpaired) electrons. The molecule has 1 aliphatic rings. The van der Waals surface area contributed by atoms with Gasteiger partial charge < -0.3 is 15.5 Å². The molecule has 0 bridgehead atoms. The molecule has 4 heteroatoms. The summed E-state index contributed by atoms with van der Waals surface area (Å²) >= 11 is 0. The van der Waals surface area contributed by atoms with Crippen molar-refractivity contribution in [3.05, 3.63) is 59.8 Å². The molecule has 1 aromatic rings. The third-order valence-corrected chi connectivity index (χ3v) is 2.86. The number of aliphatic hydroxyl groups is 2. The van der Waals surface area contributed by atoms with Crippen LogP contribution in [0.4, 0.5) is 0 Å². The molecule has 4 nitrogen and oxygen atoms in total. The van der Waals surface area contributed by atoms with Gasteiger partial charge in [-0.3, -0.25) is 4.79 Å². The van der Waals surface area contributed by atoms with Crippen LogP contribution in [0.15, 0.2) is 54.3 Å². The van der Waals surface area contributed by atoms with Crippen molar-refractivity contribution >= 4 is 5.91 Å². The van der Waals surface area contributed by atoms with E-state index in [1.807, 2.05) is 6.07 Å². The Balaban J connectivity index is 2.27. The van der Waals surface area contributed by atoms with Crippen LogP contribution in [0.5, 0.6) is 0 Å². The standard InChI is InChI=1S/C14H15NO3/c1-10(16)15-12-7-8-14(18,13(17)9-12)11-5-3-2-4-6-11/h2-9,13,17-18H,1H3,(H,15,16). The topological polar surface area (TPSA) is 69.6 Å². The molecule has 0 spiro atoms. The highest BCUT2D eigenvalue weighted by Crippen LogP contribution is 2.31. The van der Waals surface area contributed by atoms with Crippen LogP contribution in [-0.4, -0.2) is 22.2 Å². The molecule has 18 heavy (non-hydrogen) atoms. The van der Waals surface area contributed by atoms with Gasteiger partial charge in [0, 0.05) is 12.6 Å². The van der Waals surface area contributed by atoms with Crippen molar-refractivity contribution in [3.63, 3.8) is 0 Å². The van der Waals surface area contributed by atoms with Crippen LogP contribution in [0.25, 0.3) is 0 Å². The molecule has 3 N–H and O–H groups in total. The van der Waals surface area contributed by atoms with E-state index in [1.54, 1.807) is 30.3 Å². The summed E-state index contributed by atoms with van der Waals surface area (Å²) < 4.78 is 0. The van der Waals surface area contributed by atoms with E-state index >= 15 is 0 Å². The molecule has 0 saturated heterocycles. The fourth-order valence-electron chi connectivity index (χ4n) is 1.93. The zero-order valence-electron chi connectivity index (χ0n) is 10.00. The van der Waals surface area contributed by atoms with Crippen LogP contribution in [0.1, 0.15) is 12.5 Å². The van der Waals surface area contributed by atoms with Gasteiger partial charge >= 0.3 is 0 Å². The summed E-state index contributed by atoms with van der Waals surface area (Å²) in [6.07, 6.45) is 3.39. The summed E-state index contributed by atoms with van der Waals surface area (Å²) in [4.78, 5) is 10.9. The minimum absolute atomic E-state index is 0.219. The molecule has 2 rings (SSSR count). The van der Waals surface area contributed by atoms with Crippen molar-refractivity contribution in [1.82, 2.24) is 5.32 Å². The molecular formula is C14H15NO3. The second-order valence-electron chi connectivity index (χ2n) is 4.27. The fourth-order valence-corrected chi connectivity index (χ4v) is 1.93. The zero-order chi connectivity index (χ0) is 13.2. The monoisotopic (exact) mass is 245 g/mol. The predicted octanol–water partition coefficient (Wildman–Crippen LogP) is 0.825. The Labute approximate surface area is 105 Å². The molecular weight excluding hydrogens is 230 g/mol. The second kappa shape index (κ2) is 4.76. The predicted molar refractivity (Wildman–Crippen MR) is 67.4 cm³/mol. The Hall–Kier alpha value is -1.91. The first-order valence-electron chi connectivity index (χ1n) is 5.67. The summed E-state index contributed by atoms with van der Waals surface area (Å²) in [6, 6.07) is 8.90. The van der Waals surface area contributed by atoms with Gasteiger partial charge in [0.15, 0.2) is 0 Å². The van der Waals surface area contributed by atoms with E-state index in [-0.39, 0.29) is 5.91 Å². The van der Waals surface area contributed by atoms with Crippen molar-refractivity contribution in [2.45, 2.75) is 18.6 Å². The van der Waals surface area contributed by atoms with Gasteiger partial charge in [0.1, 0.15) is 11.7 Å². The van der Waals surface area contributed by atoms with E-state index in [0.29, 0.717) is 11.3 Å². The van der Waals surface area contributed by atoms with Crippen molar-refractivity contribution in [2.75, 3.05) is 0 Å². The number of allylic oxidation sites excluding steroid dienone is 1. The number of hydrogen-bond acceptors (Lipinski definition) is 3. The largest absolute Gasteiger partial charge is 0.385 e. The molecule has 1 aliphatic carbocycles. The summed E-state index contributed by atoms with van der Waals surface area (Å²) in [6.45, 7) is 1.39. The number of carbonyl (C=O) groups is 1. The lowest BCUT2D eigenvalue weighted by molar-refractivity contribution is -0.118. The van der Waals surface area contributed by atoms with E-state index in [2.05, 4.69) is 5.32 Å². The first-order valence-corrected chi connectivity index (χ1v) is 5.67. The summed E-state index contributed by atoms with van der Waals surface area (Å²) in [7, 11) is 0. The first-order chi connectivity index (χ1) is 8.52. The first kappa shape index (κ1) is 12.5. The Bertz CT molecular complexity index is 507. The van der Waals surface area contributed by atoms with Crippen molar-refractivity contribution < 1.29 is 15.0 Å². The van der Waals surface area contributed by atoms with Crippen LogP contribution in [0.2, 0.25) is 0 Å². The quantitative estimate of drug-likeness (QED) is 0.722. The molecule has 0 saturated carbocycles. The maximum absolute atomic E-state index is 10.9. The summed E-state index contributed by atoms with van der Waals surface area (Å²) in [5, 5.41) is 23.1. The fraction of sp³-hybridized carbons (Fsp3) is 0.214. The third-order valence-electron chi connectivity index (χ3n) is 2.86. The Morgan fingerprint density at radius 2 is 2.00 bits per heavy atom. The van der Waals surface area contributed by atoms with Gasteiger partial charge in [-0.2, -0.15) is 0 Å². The highest BCUT2D eigenvalue weighted by atomic mass is 16.3. The number of nitrogens with one attached hydrogen (secondary N) is 1. The van der Waals surface area contributed by atoms with Crippen LogP contribution in [0.3, 0.4) is 0 Å². The smallest absolute Gasteiger partial charge is 0.221 e. The van der Waals surface area contributed by atoms with Crippen LogP contribution < -0.4 is 5.32 Å². The van der Waals surface area contributed by atoms with Gasteiger partial charge in [0.2, 0.25) is 5.91 Å². The van der Waals surface area contributed by atoms with E-state index in [9.17, 15) is 15.0 Å². The Morgan fingerprint density at radius 1 is 1.33 bits per heavy atom. The SMILES string of the molecule is CC(=O)NC1=CC(O)C(O)(c2ccccc2)C=C1. The van der Waals surface area contributed by atoms with Gasteiger partial charge in [0.25, 0.3) is 0 Å². The maximum atomic E-state index is 10.9. The molecule has 0 fully saturated rings. The number of benzene rings is 1. The van der Waals surface area contributed by atoms with Crippen LogP contribution >= 0.6 is 0 Å². The number of aliphatic hydroxyl groups excluding tert-OH is 1. The second-order valence-corrected chi connectivity index (χ2v) is 4.27. The molecule has 1 aromatic carbocycles. The molecule has 1 amide bonds. The van der Waals surface area contributed by atoms with Gasteiger partial charge in [-0.05, 0) is 23.8 Å². The number of amides is 1. The lowest BCUT2D eigenvalue weighted by Gasteiger charge is -2.32. The lowest BCUT2D eigenvalue weighted by Crippen LogP contribution is -2.39. The average Bonchev–Trinajstić information content (AvgIpc) is 2.34. The molecule has 94 valence electrons. The average molecular weight is 245 g/mol. The summed E-state index contributed by atoms with van der Waals surface area (Å²) in [5.41, 5.74) is -0.369. The molecule has 0 aliphatic heterocycles.